The zero-order chi connectivity index (χ0) is 20.8. The number of hydrogen-bond donors (Lipinski definition) is 2. The van der Waals surface area contributed by atoms with Gasteiger partial charge in [-0.3, -0.25) is 14.3 Å². The lowest BCUT2D eigenvalue weighted by Gasteiger charge is -2.27. The molecule has 0 unspecified atom stereocenters. The van der Waals surface area contributed by atoms with Crippen molar-refractivity contribution in [2.45, 2.75) is 45.1 Å². The van der Waals surface area contributed by atoms with Crippen LogP contribution in [0.5, 0.6) is 0 Å². The van der Waals surface area contributed by atoms with E-state index in [1.165, 1.54) is 15.0 Å². The highest BCUT2D eigenvalue weighted by Gasteiger charge is 2.22. The molecule has 8 heteroatoms. The second-order valence-corrected chi connectivity index (χ2v) is 7.26. The predicted molar refractivity (Wildman–Crippen MR) is 111 cm³/mol. The third-order valence-electron chi connectivity index (χ3n) is 5.16. The normalized spacial score (nSPS) is 14.1. The number of anilines is 2. The first kappa shape index (κ1) is 20.8. The average molecular weight is 404 g/mol. The number of aromatic nitrogens is 2. The van der Waals surface area contributed by atoms with Gasteiger partial charge in [-0.15, -0.1) is 0 Å². The highest BCUT2D eigenvalue weighted by Crippen LogP contribution is 2.23. The molecule has 3 N–H and O–H groups in total. The highest BCUT2D eigenvalue weighted by atomic mass is 19.3. The Labute approximate surface area is 167 Å². The fourth-order valence-corrected chi connectivity index (χ4v) is 3.68. The zero-order valence-electron chi connectivity index (χ0n) is 16.2. The van der Waals surface area contributed by atoms with E-state index in [9.17, 15) is 18.4 Å². The van der Waals surface area contributed by atoms with Gasteiger partial charge in [0.2, 0.25) is 0 Å². The van der Waals surface area contributed by atoms with Gasteiger partial charge in [0.25, 0.3) is 12.0 Å². The molecule has 0 spiro atoms. The molecule has 0 atom stereocenters. The molecule has 156 valence electrons. The van der Waals surface area contributed by atoms with Gasteiger partial charge in [-0.2, -0.15) is 0 Å². The van der Waals surface area contributed by atoms with Crippen molar-refractivity contribution in [3.8, 4) is 0 Å². The van der Waals surface area contributed by atoms with Gasteiger partial charge >= 0.3 is 5.69 Å². The number of nitrogens with two attached hydrogens (primary N) is 1. The number of nitrogen functional groups attached to an aromatic ring is 1. The van der Waals surface area contributed by atoms with Crippen LogP contribution < -0.4 is 21.9 Å². The first-order valence-corrected chi connectivity index (χ1v) is 9.83. The summed E-state index contributed by atoms with van der Waals surface area (Å²) in [5.74, 6) is -0.0964. The largest absolute Gasteiger partial charge is 0.383 e. The number of aromatic amines is 1. The smallest absolute Gasteiger partial charge is 0.330 e. The predicted octanol–water partition coefficient (Wildman–Crippen LogP) is 3.13. The molecule has 1 aromatic carbocycles. The number of hydrogen-bond acceptors (Lipinski definition) is 4. The fraction of sp³-hybridized carbons (Fsp3) is 0.429. The third kappa shape index (κ3) is 5.34. The van der Waals surface area contributed by atoms with E-state index in [0.29, 0.717) is 6.42 Å². The van der Waals surface area contributed by atoms with E-state index < -0.39 is 24.2 Å². The van der Waals surface area contributed by atoms with Crippen LogP contribution >= 0.6 is 0 Å². The summed E-state index contributed by atoms with van der Waals surface area (Å²) in [6.45, 7) is -0.236. The highest BCUT2D eigenvalue weighted by molar-refractivity contribution is 5.62. The Morgan fingerprint density at radius 3 is 2.59 bits per heavy atom. The molecule has 1 aliphatic rings. The van der Waals surface area contributed by atoms with Crippen molar-refractivity contribution >= 4 is 11.5 Å². The number of halogens is 2. The minimum Gasteiger partial charge on any atom is -0.383 e. The van der Waals surface area contributed by atoms with E-state index in [4.69, 9.17) is 5.73 Å². The Kier molecular flexibility index (Phi) is 6.85. The van der Waals surface area contributed by atoms with Crippen LogP contribution in [0.25, 0.3) is 0 Å². The lowest BCUT2D eigenvalue weighted by atomic mass is 9.97. The number of nitrogens with zero attached hydrogens (tertiary/aromatic N) is 2. The van der Waals surface area contributed by atoms with E-state index in [1.807, 2.05) is 30.3 Å². The van der Waals surface area contributed by atoms with Gasteiger partial charge in [0.15, 0.2) is 0 Å². The van der Waals surface area contributed by atoms with Crippen LogP contribution in [0.3, 0.4) is 0 Å². The Morgan fingerprint density at radius 1 is 1.17 bits per heavy atom. The molecule has 0 saturated carbocycles. The molecule has 1 aromatic heterocycles. The molecule has 0 saturated heterocycles. The maximum atomic E-state index is 13.2. The van der Waals surface area contributed by atoms with Crippen LogP contribution in [-0.2, 0) is 6.54 Å². The van der Waals surface area contributed by atoms with E-state index in [-0.39, 0.29) is 24.6 Å². The molecular weight excluding hydrogens is 378 g/mol. The molecule has 0 fully saturated rings. The number of H-pyrrole nitrogens is 1. The molecule has 1 heterocycles. The van der Waals surface area contributed by atoms with E-state index in [1.54, 1.807) is 0 Å². The van der Waals surface area contributed by atoms with Crippen LogP contribution in [0.1, 0.15) is 37.7 Å². The quantitative estimate of drug-likeness (QED) is 0.662. The van der Waals surface area contributed by atoms with Crippen molar-refractivity contribution in [3.63, 3.8) is 0 Å². The number of alkyl halides is 2. The minimum atomic E-state index is -2.64. The lowest BCUT2D eigenvalue weighted by molar-refractivity contribution is 0.154. The van der Waals surface area contributed by atoms with Gasteiger partial charge in [0.05, 0.1) is 13.1 Å². The Bertz CT molecular complexity index is 967. The molecule has 29 heavy (non-hydrogen) atoms. The maximum Gasteiger partial charge on any atom is 0.330 e. The van der Waals surface area contributed by atoms with Crippen LogP contribution in [0.2, 0.25) is 0 Å². The van der Waals surface area contributed by atoms with Gasteiger partial charge in [-0.1, -0.05) is 42.0 Å². The third-order valence-corrected chi connectivity index (χ3v) is 5.16. The number of rotatable bonds is 8. The minimum absolute atomic E-state index is 0.0720. The summed E-state index contributed by atoms with van der Waals surface area (Å²) in [5, 5.41) is 0. The average Bonchev–Trinajstić information content (AvgIpc) is 2.70. The lowest BCUT2D eigenvalue weighted by Crippen LogP contribution is -2.40. The van der Waals surface area contributed by atoms with Crippen molar-refractivity contribution in [1.82, 2.24) is 9.55 Å². The summed E-state index contributed by atoms with van der Waals surface area (Å²) in [6, 6.07) is 9.14. The van der Waals surface area contributed by atoms with Gasteiger partial charge in [0.1, 0.15) is 11.5 Å². The zero-order valence-corrected chi connectivity index (χ0v) is 16.2. The van der Waals surface area contributed by atoms with E-state index in [2.05, 4.69) is 11.1 Å². The summed E-state index contributed by atoms with van der Waals surface area (Å²) in [4.78, 5) is 28.3. The summed E-state index contributed by atoms with van der Waals surface area (Å²) in [5.41, 5.74) is 6.71. The number of nitrogens with one attached hydrogen (secondary N) is 1. The summed E-state index contributed by atoms with van der Waals surface area (Å²) in [6.07, 6.45) is 4.27. The first-order chi connectivity index (χ1) is 14.0. The SMILES string of the molecule is Nc1c(N(CCC2=CCCCC2)CC(F)F)c(=O)[nH]c(=O)n1Cc1ccccc1. The van der Waals surface area contributed by atoms with Gasteiger partial charge in [0, 0.05) is 6.54 Å². The molecule has 1 aliphatic carbocycles. The van der Waals surface area contributed by atoms with Crippen LogP contribution in [0.15, 0.2) is 51.6 Å². The second-order valence-electron chi connectivity index (χ2n) is 7.26. The molecule has 0 bridgehead atoms. The standard InChI is InChI=1S/C21H26F2N4O2/c22-17(23)14-26(12-11-15-7-3-1-4-8-15)18-19(24)27(21(29)25-20(18)28)13-16-9-5-2-6-10-16/h2,5-7,9-10,17H,1,3-4,8,11-14,24H2,(H,25,28,29). The molecule has 6 nitrogen and oxygen atoms in total. The monoisotopic (exact) mass is 404 g/mol. The second kappa shape index (κ2) is 9.54. The Hall–Kier alpha value is -2.90. The van der Waals surface area contributed by atoms with Crippen molar-refractivity contribution in [2.24, 2.45) is 0 Å². The van der Waals surface area contributed by atoms with Crippen molar-refractivity contribution in [2.75, 3.05) is 23.7 Å². The summed E-state index contributed by atoms with van der Waals surface area (Å²) >= 11 is 0. The fourth-order valence-electron chi connectivity index (χ4n) is 3.68. The van der Waals surface area contributed by atoms with Crippen LogP contribution in [0.4, 0.5) is 20.3 Å². The van der Waals surface area contributed by atoms with E-state index in [0.717, 1.165) is 31.2 Å². The molecule has 3 rings (SSSR count). The summed E-state index contributed by atoms with van der Waals surface area (Å²) in [7, 11) is 0. The molecule has 0 amide bonds. The van der Waals surface area contributed by atoms with Crippen molar-refractivity contribution in [1.29, 1.82) is 0 Å². The van der Waals surface area contributed by atoms with Crippen LogP contribution in [-0.4, -0.2) is 29.1 Å². The van der Waals surface area contributed by atoms with Gasteiger partial charge < -0.3 is 10.6 Å². The van der Waals surface area contributed by atoms with Crippen molar-refractivity contribution in [3.05, 3.63) is 68.4 Å². The number of allylic oxidation sites excluding steroid dienone is 1. The number of benzene rings is 1. The van der Waals surface area contributed by atoms with Crippen molar-refractivity contribution < 1.29 is 8.78 Å². The molecular formula is C21H26F2N4O2. The molecule has 2 aromatic rings. The van der Waals surface area contributed by atoms with Gasteiger partial charge in [-0.25, -0.2) is 13.6 Å². The molecule has 0 radical (unpaired) electrons. The van der Waals surface area contributed by atoms with E-state index >= 15 is 0 Å². The topological polar surface area (TPSA) is 84.1 Å². The molecule has 0 aliphatic heterocycles. The Morgan fingerprint density at radius 2 is 1.93 bits per heavy atom. The van der Waals surface area contributed by atoms with Crippen LogP contribution in [0, 0.1) is 0 Å². The van der Waals surface area contributed by atoms with Gasteiger partial charge in [-0.05, 0) is 37.7 Å². The Balaban J connectivity index is 1.93. The maximum absolute atomic E-state index is 13.2. The first-order valence-electron chi connectivity index (χ1n) is 9.83. The summed E-state index contributed by atoms with van der Waals surface area (Å²) < 4.78 is 27.7.